The Morgan fingerprint density at radius 1 is 1.06 bits per heavy atom. The molecule has 0 spiro atoms. The third-order valence-electron chi connectivity index (χ3n) is 5.73. The van der Waals surface area contributed by atoms with Gasteiger partial charge in [-0.25, -0.2) is 14.6 Å². The van der Waals surface area contributed by atoms with Crippen LogP contribution in [-0.2, 0) is 20.9 Å². The van der Waals surface area contributed by atoms with Gasteiger partial charge in [0, 0.05) is 16.2 Å². The number of pyridine rings is 1. The number of esters is 2. The first-order valence-electron chi connectivity index (χ1n) is 10.4. The van der Waals surface area contributed by atoms with Gasteiger partial charge in [-0.05, 0) is 50.8 Å². The van der Waals surface area contributed by atoms with E-state index in [2.05, 4.69) is 10.3 Å². The molecule has 7 nitrogen and oxygen atoms in total. The molecule has 4 rings (SSSR count). The van der Waals surface area contributed by atoms with Crippen LogP contribution < -0.4 is 5.32 Å². The van der Waals surface area contributed by atoms with E-state index in [9.17, 15) is 14.4 Å². The zero-order chi connectivity index (χ0) is 23.0. The number of carbonyl (C=O) groups is 3. The van der Waals surface area contributed by atoms with Gasteiger partial charge in [0.1, 0.15) is 11.6 Å². The Labute approximate surface area is 189 Å². The number of carbonyl (C=O) groups excluding carboxylic acids is 3. The van der Waals surface area contributed by atoms with Gasteiger partial charge in [-0.15, -0.1) is 11.3 Å². The minimum atomic E-state index is -0.568. The highest BCUT2D eigenvalue weighted by Crippen LogP contribution is 2.36. The third kappa shape index (κ3) is 4.10. The van der Waals surface area contributed by atoms with Gasteiger partial charge < -0.3 is 14.8 Å². The highest BCUT2D eigenvalue weighted by atomic mass is 32.1. The molecule has 8 heteroatoms. The van der Waals surface area contributed by atoms with Crippen LogP contribution >= 0.6 is 11.3 Å². The Hall–Kier alpha value is -3.26. The maximum Gasteiger partial charge on any atom is 0.341 e. The van der Waals surface area contributed by atoms with Crippen LogP contribution in [0.3, 0.4) is 0 Å². The normalized spacial score (nSPS) is 13.1. The Morgan fingerprint density at radius 3 is 2.47 bits per heavy atom. The number of aryl methyl sites for hydroxylation is 2. The van der Waals surface area contributed by atoms with Crippen molar-refractivity contribution in [2.75, 3.05) is 12.4 Å². The monoisotopic (exact) mass is 452 g/mol. The molecule has 0 unspecified atom stereocenters. The number of thiophene rings is 1. The Bertz CT molecular complexity index is 1240. The van der Waals surface area contributed by atoms with Crippen LogP contribution in [0.25, 0.3) is 10.9 Å². The first-order chi connectivity index (χ1) is 15.3. The van der Waals surface area contributed by atoms with Crippen molar-refractivity contribution in [1.29, 1.82) is 0 Å². The summed E-state index contributed by atoms with van der Waals surface area (Å²) in [6.45, 7) is 5.35. The summed E-state index contributed by atoms with van der Waals surface area (Å²) in [7, 11) is 1.30. The van der Waals surface area contributed by atoms with Crippen molar-refractivity contribution in [2.24, 2.45) is 5.92 Å². The lowest BCUT2D eigenvalue weighted by Crippen LogP contribution is -2.17. The van der Waals surface area contributed by atoms with Gasteiger partial charge in [0.05, 0.1) is 29.4 Å². The number of hydrogen-bond donors (Lipinski definition) is 1. The van der Waals surface area contributed by atoms with Crippen molar-refractivity contribution < 1.29 is 23.9 Å². The maximum atomic E-state index is 13.0. The first-order valence-corrected chi connectivity index (χ1v) is 11.2. The standard InChI is InChI=1S/C24H24N2O5S/c1-12-14(3)32-22(26-21(27)15-9-10-15)20(12)24(29)31-11-18-19(23(28)30-4)13(2)16-7-5-6-8-17(16)25-18/h5-8,15H,9-11H2,1-4H3,(H,26,27). The van der Waals surface area contributed by atoms with E-state index < -0.39 is 11.9 Å². The minimum Gasteiger partial charge on any atom is -0.465 e. The number of nitrogens with zero attached hydrogens (tertiary/aromatic N) is 1. The summed E-state index contributed by atoms with van der Waals surface area (Å²) in [6.07, 6.45) is 1.75. The number of rotatable bonds is 6. The van der Waals surface area contributed by atoms with E-state index in [1.807, 2.05) is 45.0 Å². The van der Waals surface area contributed by atoms with Crippen molar-refractivity contribution >= 4 is 45.1 Å². The van der Waals surface area contributed by atoms with Crippen LogP contribution in [-0.4, -0.2) is 29.9 Å². The number of nitrogens with one attached hydrogen (secondary N) is 1. The molecule has 0 aliphatic heterocycles. The van der Waals surface area contributed by atoms with E-state index in [4.69, 9.17) is 9.47 Å². The molecule has 1 amide bonds. The molecule has 1 aliphatic carbocycles. The fourth-order valence-electron chi connectivity index (χ4n) is 3.64. The zero-order valence-electron chi connectivity index (χ0n) is 18.4. The van der Waals surface area contributed by atoms with Gasteiger partial charge in [-0.2, -0.15) is 0 Å². The number of aromatic nitrogens is 1. The van der Waals surface area contributed by atoms with E-state index in [-0.39, 0.29) is 18.4 Å². The van der Waals surface area contributed by atoms with Crippen LogP contribution in [0.15, 0.2) is 24.3 Å². The maximum absolute atomic E-state index is 13.0. The highest BCUT2D eigenvalue weighted by molar-refractivity contribution is 7.16. The van der Waals surface area contributed by atoms with Crippen LogP contribution in [0.5, 0.6) is 0 Å². The van der Waals surface area contributed by atoms with Crippen LogP contribution in [0.4, 0.5) is 5.00 Å². The largest absolute Gasteiger partial charge is 0.465 e. The second-order valence-electron chi connectivity index (χ2n) is 7.89. The summed E-state index contributed by atoms with van der Waals surface area (Å²) < 4.78 is 10.5. The molecular formula is C24H24N2O5S. The van der Waals surface area contributed by atoms with E-state index in [1.54, 1.807) is 0 Å². The van der Waals surface area contributed by atoms with Crippen molar-refractivity contribution in [3.63, 3.8) is 0 Å². The number of amides is 1. The molecule has 0 saturated heterocycles. The molecule has 3 aromatic rings. The smallest absolute Gasteiger partial charge is 0.341 e. The molecule has 0 radical (unpaired) electrons. The van der Waals surface area contributed by atoms with Crippen molar-refractivity contribution in [2.45, 2.75) is 40.2 Å². The number of para-hydroxylation sites is 1. The van der Waals surface area contributed by atoms with E-state index in [0.29, 0.717) is 32.9 Å². The summed E-state index contributed by atoms with van der Waals surface area (Å²) in [5.74, 6) is -1.15. The second kappa shape index (κ2) is 8.70. The number of benzene rings is 1. The molecule has 2 heterocycles. The average molecular weight is 453 g/mol. The Balaban J connectivity index is 1.63. The average Bonchev–Trinajstić information content (AvgIpc) is 3.59. The number of anilines is 1. The number of ether oxygens (including phenoxy) is 2. The van der Waals surface area contributed by atoms with Gasteiger partial charge in [0.25, 0.3) is 0 Å². The zero-order valence-corrected chi connectivity index (χ0v) is 19.2. The summed E-state index contributed by atoms with van der Waals surface area (Å²) >= 11 is 1.36. The Kier molecular flexibility index (Phi) is 5.97. The van der Waals surface area contributed by atoms with E-state index in [1.165, 1.54) is 18.4 Å². The quantitative estimate of drug-likeness (QED) is 0.544. The molecule has 1 N–H and O–H groups in total. The van der Waals surface area contributed by atoms with Crippen LogP contribution in [0.2, 0.25) is 0 Å². The molecular weight excluding hydrogens is 428 g/mol. The van der Waals surface area contributed by atoms with Gasteiger partial charge in [-0.3, -0.25) is 4.79 Å². The molecule has 32 heavy (non-hydrogen) atoms. The predicted molar refractivity (Wildman–Crippen MR) is 122 cm³/mol. The predicted octanol–water partition coefficient (Wildman–Crippen LogP) is 4.71. The van der Waals surface area contributed by atoms with Gasteiger partial charge in [0.15, 0.2) is 0 Å². The Morgan fingerprint density at radius 2 is 1.78 bits per heavy atom. The first kappa shape index (κ1) is 22.0. The fraction of sp³-hybridized carbons (Fsp3) is 0.333. The van der Waals surface area contributed by atoms with Crippen LogP contribution in [0, 0.1) is 26.7 Å². The molecule has 0 atom stereocenters. The molecule has 1 fully saturated rings. The van der Waals surface area contributed by atoms with Crippen LogP contribution in [0.1, 0.15) is 55.3 Å². The molecule has 166 valence electrons. The van der Waals surface area contributed by atoms with Crippen molar-refractivity contribution in [1.82, 2.24) is 4.98 Å². The molecule has 2 aromatic heterocycles. The topological polar surface area (TPSA) is 94.6 Å². The van der Waals surface area contributed by atoms with E-state index in [0.717, 1.165) is 28.7 Å². The second-order valence-corrected chi connectivity index (χ2v) is 9.12. The minimum absolute atomic E-state index is 0.0222. The lowest BCUT2D eigenvalue weighted by Gasteiger charge is -2.14. The molecule has 1 aromatic carbocycles. The highest BCUT2D eigenvalue weighted by Gasteiger charge is 2.32. The van der Waals surface area contributed by atoms with Gasteiger partial charge in [0.2, 0.25) is 5.91 Å². The number of methoxy groups -OCH3 is 1. The van der Waals surface area contributed by atoms with Gasteiger partial charge in [-0.1, -0.05) is 18.2 Å². The van der Waals surface area contributed by atoms with Crippen molar-refractivity contribution in [3.8, 4) is 0 Å². The fourth-order valence-corrected chi connectivity index (χ4v) is 4.70. The summed E-state index contributed by atoms with van der Waals surface area (Å²) in [5.41, 5.74) is 3.15. The summed E-state index contributed by atoms with van der Waals surface area (Å²) in [6, 6.07) is 7.45. The molecule has 1 saturated carbocycles. The van der Waals surface area contributed by atoms with Gasteiger partial charge >= 0.3 is 11.9 Å². The number of fused-ring (bicyclic) bond motifs is 1. The summed E-state index contributed by atoms with van der Waals surface area (Å²) in [4.78, 5) is 43.2. The summed E-state index contributed by atoms with van der Waals surface area (Å²) in [5, 5.41) is 4.20. The third-order valence-corrected chi connectivity index (χ3v) is 6.85. The molecule has 1 aliphatic rings. The SMILES string of the molecule is COC(=O)c1c(COC(=O)c2c(NC(=O)C3CC3)sc(C)c2C)nc2ccccc2c1C. The lowest BCUT2D eigenvalue weighted by molar-refractivity contribution is -0.117. The van der Waals surface area contributed by atoms with Crippen molar-refractivity contribution in [3.05, 3.63) is 57.1 Å². The number of hydrogen-bond acceptors (Lipinski definition) is 7. The van der Waals surface area contributed by atoms with E-state index >= 15 is 0 Å². The lowest BCUT2D eigenvalue weighted by atomic mass is 10.0. The molecule has 0 bridgehead atoms.